The molecule has 0 saturated heterocycles. The van der Waals surface area contributed by atoms with Gasteiger partial charge in [-0.15, -0.1) is 0 Å². The van der Waals surface area contributed by atoms with E-state index in [0.29, 0.717) is 11.9 Å². The lowest BCUT2D eigenvalue weighted by Crippen LogP contribution is -2.06. The number of hydrogen-bond donors (Lipinski definition) is 0. The minimum absolute atomic E-state index is 0.0360. The predicted octanol–water partition coefficient (Wildman–Crippen LogP) is 3.55. The molecular weight excluding hydrogens is 374 g/mol. The van der Waals surface area contributed by atoms with E-state index in [1.165, 1.54) is 24.5 Å². The molecule has 0 spiro atoms. The largest absolute Gasteiger partial charge is 0.282 e. The summed E-state index contributed by atoms with van der Waals surface area (Å²) < 4.78 is 78.5. The summed E-state index contributed by atoms with van der Waals surface area (Å²) in [4.78, 5) is 2.77. The normalized spacial score (nSPS) is 11.9. The van der Waals surface area contributed by atoms with Gasteiger partial charge in [0.25, 0.3) is 6.43 Å². The molecule has 0 aliphatic carbocycles. The van der Waals surface area contributed by atoms with Crippen LogP contribution < -0.4 is 0 Å². The maximum absolute atomic E-state index is 14.2. The summed E-state index contributed by atoms with van der Waals surface area (Å²) >= 11 is 0. The zero-order valence-corrected chi connectivity index (χ0v) is 14.0. The van der Waals surface area contributed by atoms with Crippen molar-refractivity contribution in [3.8, 4) is 16.9 Å². The Labute approximate surface area is 145 Å². The molecule has 0 amide bonds. The molecule has 5 nitrogen and oxygen atoms in total. The summed E-state index contributed by atoms with van der Waals surface area (Å²) in [5.74, 6) is -2.64. The molecule has 0 radical (unpaired) electrons. The predicted molar refractivity (Wildman–Crippen MR) is 84.8 cm³/mol. The average Bonchev–Trinajstić information content (AvgIpc) is 2.99. The molecule has 2 aromatic heterocycles. The molecule has 26 heavy (non-hydrogen) atoms. The van der Waals surface area contributed by atoms with Crippen LogP contribution in [0.5, 0.6) is 0 Å². The Bertz CT molecular complexity index is 1040. The Hall–Kier alpha value is -2.75. The SMILES string of the molecule is CS(=O)(=O)c1c(F)cc(-c2cc(C(F)F)nn2-c2cccnc2)cc1F. The minimum Gasteiger partial charge on any atom is -0.262 e. The topological polar surface area (TPSA) is 64.8 Å². The molecule has 0 aliphatic heterocycles. The van der Waals surface area contributed by atoms with Gasteiger partial charge in [-0.3, -0.25) is 4.98 Å². The Balaban J connectivity index is 2.24. The molecule has 3 aromatic rings. The van der Waals surface area contributed by atoms with Crippen LogP contribution in [0.3, 0.4) is 0 Å². The van der Waals surface area contributed by atoms with Gasteiger partial charge in [0.2, 0.25) is 0 Å². The van der Waals surface area contributed by atoms with E-state index in [1.807, 2.05) is 0 Å². The first-order valence-electron chi connectivity index (χ1n) is 7.16. The van der Waals surface area contributed by atoms with Gasteiger partial charge in [0, 0.05) is 18.0 Å². The van der Waals surface area contributed by atoms with Gasteiger partial charge in [-0.1, -0.05) is 0 Å². The van der Waals surface area contributed by atoms with Crippen LogP contribution in [-0.2, 0) is 9.84 Å². The number of pyridine rings is 1. The molecule has 0 unspecified atom stereocenters. The first-order valence-corrected chi connectivity index (χ1v) is 9.05. The van der Waals surface area contributed by atoms with Crippen molar-refractivity contribution in [1.29, 1.82) is 0 Å². The van der Waals surface area contributed by atoms with E-state index in [0.717, 1.165) is 22.9 Å². The summed E-state index contributed by atoms with van der Waals surface area (Å²) in [6.45, 7) is 0. The van der Waals surface area contributed by atoms with Gasteiger partial charge in [0.15, 0.2) is 9.84 Å². The maximum atomic E-state index is 14.2. The molecule has 136 valence electrons. The molecule has 0 N–H and O–H groups in total. The zero-order chi connectivity index (χ0) is 19.1. The van der Waals surface area contributed by atoms with E-state index in [2.05, 4.69) is 10.1 Å². The van der Waals surface area contributed by atoms with Crippen LogP contribution in [0.4, 0.5) is 17.6 Å². The highest BCUT2D eigenvalue weighted by atomic mass is 32.2. The van der Waals surface area contributed by atoms with Crippen LogP contribution in [0.2, 0.25) is 0 Å². The third kappa shape index (κ3) is 3.32. The van der Waals surface area contributed by atoms with Crippen molar-refractivity contribution >= 4 is 9.84 Å². The van der Waals surface area contributed by atoms with Gasteiger partial charge < -0.3 is 0 Å². The molecule has 3 rings (SSSR count). The molecule has 0 atom stereocenters. The lowest BCUT2D eigenvalue weighted by molar-refractivity contribution is 0.145. The highest BCUT2D eigenvalue weighted by Gasteiger charge is 2.24. The van der Waals surface area contributed by atoms with Crippen LogP contribution in [0.25, 0.3) is 16.9 Å². The van der Waals surface area contributed by atoms with Crippen LogP contribution in [0, 0.1) is 11.6 Å². The first-order chi connectivity index (χ1) is 12.2. The minimum atomic E-state index is -4.14. The number of alkyl halides is 2. The number of aromatic nitrogens is 3. The Morgan fingerprint density at radius 3 is 2.27 bits per heavy atom. The van der Waals surface area contributed by atoms with E-state index in [4.69, 9.17) is 0 Å². The average molecular weight is 385 g/mol. The summed E-state index contributed by atoms with van der Waals surface area (Å²) in [5.41, 5.74) is -0.485. The lowest BCUT2D eigenvalue weighted by Gasteiger charge is -2.09. The van der Waals surface area contributed by atoms with Crippen molar-refractivity contribution in [3.63, 3.8) is 0 Å². The second-order valence-electron chi connectivity index (χ2n) is 5.42. The van der Waals surface area contributed by atoms with E-state index < -0.39 is 38.5 Å². The molecule has 0 aliphatic rings. The highest BCUT2D eigenvalue weighted by Crippen LogP contribution is 2.31. The number of rotatable bonds is 4. The van der Waals surface area contributed by atoms with Gasteiger partial charge in [0.1, 0.15) is 22.2 Å². The number of halogens is 4. The molecule has 0 saturated carbocycles. The zero-order valence-electron chi connectivity index (χ0n) is 13.2. The van der Waals surface area contributed by atoms with Gasteiger partial charge in [-0.05, 0) is 30.3 Å². The summed E-state index contributed by atoms with van der Waals surface area (Å²) in [5, 5.41) is 3.75. The van der Waals surface area contributed by atoms with Gasteiger partial charge in [0.05, 0.1) is 17.6 Å². The monoisotopic (exact) mass is 385 g/mol. The van der Waals surface area contributed by atoms with Crippen molar-refractivity contribution in [3.05, 3.63) is 60.1 Å². The van der Waals surface area contributed by atoms with Crippen molar-refractivity contribution in [2.24, 2.45) is 0 Å². The fourth-order valence-corrected chi connectivity index (χ4v) is 3.28. The lowest BCUT2D eigenvalue weighted by atomic mass is 10.1. The molecule has 0 fully saturated rings. The van der Waals surface area contributed by atoms with E-state index in [-0.39, 0.29) is 11.3 Å². The molecular formula is C16H11F4N3O2S. The van der Waals surface area contributed by atoms with Gasteiger partial charge in [-0.25, -0.2) is 30.7 Å². The van der Waals surface area contributed by atoms with Crippen molar-refractivity contribution < 1.29 is 26.0 Å². The van der Waals surface area contributed by atoms with Crippen LogP contribution >= 0.6 is 0 Å². The van der Waals surface area contributed by atoms with E-state index >= 15 is 0 Å². The number of hydrogen-bond acceptors (Lipinski definition) is 4. The smallest absolute Gasteiger partial charge is 0.262 e. The van der Waals surface area contributed by atoms with Gasteiger partial charge in [-0.2, -0.15) is 5.10 Å². The number of sulfone groups is 1. The van der Waals surface area contributed by atoms with Crippen LogP contribution in [-0.4, -0.2) is 29.4 Å². The fraction of sp³-hybridized carbons (Fsp3) is 0.125. The second kappa shape index (κ2) is 6.52. The van der Waals surface area contributed by atoms with Gasteiger partial charge >= 0.3 is 0 Å². The highest BCUT2D eigenvalue weighted by molar-refractivity contribution is 7.90. The molecule has 1 aromatic carbocycles. The van der Waals surface area contributed by atoms with Crippen LogP contribution in [0.1, 0.15) is 12.1 Å². The molecule has 2 heterocycles. The molecule has 10 heteroatoms. The Morgan fingerprint density at radius 2 is 1.77 bits per heavy atom. The Morgan fingerprint density at radius 1 is 1.12 bits per heavy atom. The summed E-state index contributed by atoms with van der Waals surface area (Å²) in [6, 6.07) is 5.57. The van der Waals surface area contributed by atoms with Crippen LogP contribution in [0.15, 0.2) is 47.6 Å². The fourth-order valence-electron chi connectivity index (χ4n) is 2.45. The first kappa shape index (κ1) is 18.1. The third-order valence-corrected chi connectivity index (χ3v) is 4.64. The summed E-state index contributed by atoms with van der Waals surface area (Å²) in [7, 11) is -4.14. The standard InChI is InChI=1S/C16H11F4N3O2S/c1-26(24,25)15-11(17)5-9(6-12(15)18)14-7-13(16(19)20)22-23(14)10-3-2-4-21-8-10/h2-8,16H,1H3. The second-order valence-corrected chi connectivity index (χ2v) is 7.37. The number of benzene rings is 1. The van der Waals surface area contributed by atoms with Crippen molar-refractivity contribution in [1.82, 2.24) is 14.8 Å². The maximum Gasteiger partial charge on any atom is 0.282 e. The third-order valence-electron chi connectivity index (χ3n) is 3.51. The van der Waals surface area contributed by atoms with Crippen molar-refractivity contribution in [2.75, 3.05) is 6.26 Å². The molecule has 0 bridgehead atoms. The Kier molecular flexibility index (Phi) is 4.53. The van der Waals surface area contributed by atoms with E-state index in [1.54, 1.807) is 0 Å². The van der Waals surface area contributed by atoms with E-state index in [9.17, 15) is 26.0 Å². The quantitative estimate of drug-likeness (QED) is 0.645. The van der Waals surface area contributed by atoms with Crippen molar-refractivity contribution in [2.45, 2.75) is 11.3 Å². The summed E-state index contributed by atoms with van der Waals surface area (Å²) in [6.07, 6.45) is 0.560. The number of nitrogens with zero attached hydrogens (tertiary/aromatic N) is 3.